The molecule has 7 heteroatoms. The minimum absolute atomic E-state index is 0.0120. The summed E-state index contributed by atoms with van der Waals surface area (Å²) >= 11 is 0. The lowest BCUT2D eigenvalue weighted by molar-refractivity contribution is 0.138. The van der Waals surface area contributed by atoms with E-state index in [1.807, 2.05) is 12.1 Å². The first-order valence-electron chi connectivity index (χ1n) is 7.72. The summed E-state index contributed by atoms with van der Waals surface area (Å²) < 4.78 is 16.6. The summed E-state index contributed by atoms with van der Waals surface area (Å²) in [5.74, 6) is 1.37. The van der Waals surface area contributed by atoms with Gasteiger partial charge in [-0.15, -0.1) is 0 Å². The first-order chi connectivity index (χ1) is 11.2. The van der Waals surface area contributed by atoms with Crippen LogP contribution in [0, 0.1) is 0 Å². The Kier molecular flexibility index (Phi) is 5.09. The molecule has 3 heterocycles. The summed E-state index contributed by atoms with van der Waals surface area (Å²) in [6.07, 6.45) is 6.05. The van der Waals surface area contributed by atoms with Crippen LogP contribution in [-0.2, 0) is 11.2 Å². The second kappa shape index (κ2) is 7.43. The third-order valence-electron chi connectivity index (χ3n) is 3.84. The molecule has 0 radical (unpaired) electrons. The number of H-pyrrole nitrogens is 1. The van der Waals surface area contributed by atoms with Gasteiger partial charge in [-0.2, -0.15) is 5.10 Å². The normalized spacial score (nSPS) is 22.0. The van der Waals surface area contributed by atoms with E-state index in [-0.39, 0.29) is 18.2 Å². The van der Waals surface area contributed by atoms with E-state index in [0.29, 0.717) is 19.1 Å². The molecule has 2 aromatic rings. The number of nitrogens with one attached hydrogen (secondary N) is 2. The Balaban J connectivity index is 1.54. The predicted octanol–water partition coefficient (Wildman–Crippen LogP) is 1.18. The molecule has 3 rings (SSSR count). The number of rotatable bonds is 7. The van der Waals surface area contributed by atoms with Crippen molar-refractivity contribution in [3.8, 4) is 11.6 Å². The van der Waals surface area contributed by atoms with Gasteiger partial charge in [0, 0.05) is 18.3 Å². The number of hydrogen-bond donors (Lipinski definition) is 2. The van der Waals surface area contributed by atoms with Crippen LogP contribution >= 0.6 is 0 Å². The van der Waals surface area contributed by atoms with Gasteiger partial charge in [-0.3, -0.25) is 5.10 Å². The molecule has 23 heavy (non-hydrogen) atoms. The minimum atomic E-state index is -0.0120. The molecule has 2 N–H and O–H groups in total. The van der Waals surface area contributed by atoms with E-state index >= 15 is 0 Å². The van der Waals surface area contributed by atoms with Gasteiger partial charge in [0.25, 0.3) is 0 Å². The van der Waals surface area contributed by atoms with Crippen LogP contribution in [-0.4, -0.2) is 53.7 Å². The van der Waals surface area contributed by atoms with Gasteiger partial charge >= 0.3 is 0 Å². The topological polar surface area (TPSA) is 81.3 Å². The van der Waals surface area contributed by atoms with Gasteiger partial charge in [0.05, 0.1) is 38.8 Å². The summed E-state index contributed by atoms with van der Waals surface area (Å²) in [7, 11) is 1.63. The van der Waals surface area contributed by atoms with Crippen molar-refractivity contribution in [2.75, 3.05) is 20.3 Å². The standard InChI is InChI=1S/C16H22N4O3/c1-11(5-12-3-4-17-16(6-12)21-2)20-14-9-22-10-15(14)23-13-7-18-19-8-13/h3-4,6-8,11,14-15,20H,5,9-10H2,1-2H3,(H,18,19)/t11?,14-,15+/m0/s1. The Labute approximate surface area is 135 Å². The van der Waals surface area contributed by atoms with E-state index in [2.05, 4.69) is 27.4 Å². The van der Waals surface area contributed by atoms with E-state index in [4.69, 9.17) is 14.2 Å². The van der Waals surface area contributed by atoms with Crippen LogP contribution in [0.1, 0.15) is 12.5 Å². The maximum atomic E-state index is 5.90. The Bertz CT molecular complexity index is 605. The van der Waals surface area contributed by atoms with E-state index in [1.165, 1.54) is 5.56 Å². The number of ether oxygens (including phenoxy) is 3. The van der Waals surface area contributed by atoms with E-state index in [1.54, 1.807) is 25.7 Å². The second-order valence-electron chi connectivity index (χ2n) is 5.71. The molecule has 3 atom stereocenters. The Morgan fingerprint density at radius 1 is 1.48 bits per heavy atom. The molecule has 0 aromatic carbocycles. The molecule has 0 bridgehead atoms. The molecule has 1 aliphatic rings. The zero-order valence-electron chi connectivity index (χ0n) is 13.4. The minimum Gasteiger partial charge on any atom is -0.483 e. The van der Waals surface area contributed by atoms with Crippen molar-refractivity contribution in [1.29, 1.82) is 0 Å². The summed E-state index contributed by atoms with van der Waals surface area (Å²) in [6, 6.07) is 4.40. The number of hydrogen-bond acceptors (Lipinski definition) is 6. The number of nitrogens with zero attached hydrogens (tertiary/aromatic N) is 2. The molecular weight excluding hydrogens is 296 g/mol. The highest BCUT2D eigenvalue weighted by Crippen LogP contribution is 2.17. The third kappa shape index (κ3) is 4.20. The van der Waals surface area contributed by atoms with Gasteiger partial charge in [-0.25, -0.2) is 4.98 Å². The van der Waals surface area contributed by atoms with Gasteiger partial charge in [-0.1, -0.05) is 0 Å². The Morgan fingerprint density at radius 3 is 3.17 bits per heavy atom. The predicted molar refractivity (Wildman–Crippen MR) is 84.7 cm³/mol. The first kappa shape index (κ1) is 15.8. The van der Waals surface area contributed by atoms with Crippen LogP contribution in [0.5, 0.6) is 11.6 Å². The summed E-state index contributed by atoms with van der Waals surface area (Å²) in [4.78, 5) is 4.13. The number of pyridine rings is 1. The molecule has 1 unspecified atom stereocenters. The first-order valence-corrected chi connectivity index (χ1v) is 7.72. The largest absolute Gasteiger partial charge is 0.483 e. The molecule has 0 spiro atoms. The quantitative estimate of drug-likeness (QED) is 0.798. The Hall–Kier alpha value is -2.12. The molecule has 1 saturated heterocycles. The highest BCUT2D eigenvalue weighted by Gasteiger charge is 2.31. The number of aromatic amines is 1. The second-order valence-corrected chi connectivity index (χ2v) is 5.71. The molecule has 1 fully saturated rings. The fraction of sp³-hybridized carbons (Fsp3) is 0.500. The number of aromatic nitrogens is 3. The summed E-state index contributed by atoms with van der Waals surface area (Å²) in [5, 5.41) is 10.2. The van der Waals surface area contributed by atoms with Crippen LogP contribution in [0.25, 0.3) is 0 Å². The lowest BCUT2D eigenvalue weighted by Gasteiger charge is -2.23. The lowest BCUT2D eigenvalue weighted by Crippen LogP contribution is -2.46. The van der Waals surface area contributed by atoms with Crippen LogP contribution in [0.3, 0.4) is 0 Å². The van der Waals surface area contributed by atoms with Crippen molar-refractivity contribution < 1.29 is 14.2 Å². The Morgan fingerprint density at radius 2 is 2.39 bits per heavy atom. The van der Waals surface area contributed by atoms with Crippen molar-refractivity contribution >= 4 is 0 Å². The van der Waals surface area contributed by atoms with Gasteiger partial charge in [-0.05, 0) is 25.0 Å². The van der Waals surface area contributed by atoms with Crippen molar-refractivity contribution in [2.24, 2.45) is 0 Å². The molecule has 0 aliphatic carbocycles. The molecular formula is C16H22N4O3. The van der Waals surface area contributed by atoms with Crippen LogP contribution in [0.2, 0.25) is 0 Å². The SMILES string of the molecule is COc1cc(CC(C)N[C@H]2COC[C@H]2Oc2cn[nH]c2)ccn1. The van der Waals surface area contributed by atoms with Crippen LogP contribution in [0.15, 0.2) is 30.7 Å². The molecule has 1 aliphatic heterocycles. The van der Waals surface area contributed by atoms with E-state index in [9.17, 15) is 0 Å². The third-order valence-corrected chi connectivity index (χ3v) is 3.84. The fourth-order valence-corrected chi connectivity index (χ4v) is 2.75. The monoisotopic (exact) mass is 318 g/mol. The van der Waals surface area contributed by atoms with Crippen LogP contribution < -0.4 is 14.8 Å². The maximum absolute atomic E-state index is 5.90. The molecule has 2 aromatic heterocycles. The van der Waals surface area contributed by atoms with Crippen molar-refractivity contribution in [3.63, 3.8) is 0 Å². The highest BCUT2D eigenvalue weighted by atomic mass is 16.5. The lowest BCUT2D eigenvalue weighted by atomic mass is 10.1. The molecule has 7 nitrogen and oxygen atoms in total. The van der Waals surface area contributed by atoms with E-state index in [0.717, 1.165) is 12.2 Å². The van der Waals surface area contributed by atoms with Gasteiger partial charge in [0.15, 0.2) is 5.75 Å². The zero-order valence-corrected chi connectivity index (χ0v) is 13.4. The highest BCUT2D eigenvalue weighted by molar-refractivity contribution is 5.21. The number of methoxy groups -OCH3 is 1. The summed E-state index contributed by atoms with van der Waals surface area (Å²) in [6.45, 7) is 3.38. The smallest absolute Gasteiger partial charge is 0.213 e. The van der Waals surface area contributed by atoms with Crippen molar-refractivity contribution in [2.45, 2.75) is 31.5 Å². The zero-order chi connectivity index (χ0) is 16.1. The fourth-order valence-electron chi connectivity index (χ4n) is 2.75. The van der Waals surface area contributed by atoms with E-state index < -0.39 is 0 Å². The van der Waals surface area contributed by atoms with Crippen LogP contribution in [0.4, 0.5) is 0 Å². The van der Waals surface area contributed by atoms with Gasteiger partial charge < -0.3 is 19.5 Å². The average Bonchev–Trinajstić information content (AvgIpc) is 3.20. The van der Waals surface area contributed by atoms with Gasteiger partial charge in [0.1, 0.15) is 6.10 Å². The molecule has 0 saturated carbocycles. The maximum Gasteiger partial charge on any atom is 0.213 e. The van der Waals surface area contributed by atoms with Crippen molar-refractivity contribution in [1.82, 2.24) is 20.5 Å². The average molecular weight is 318 g/mol. The molecule has 0 amide bonds. The molecule has 124 valence electrons. The van der Waals surface area contributed by atoms with Gasteiger partial charge in [0.2, 0.25) is 5.88 Å². The van der Waals surface area contributed by atoms with Crippen molar-refractivity contribution in [3.05, 3.63) is 36.3 Å². The summed E-state index contributed by atoms with van der Waals surface area (Å²) in [5.41, 5.74) is 1.18.